The van der Waals surface area contributed by atoms with Crippen molar-refractivity contribution in [3.8, 4) is 22.9 Å². The summed E-state index contributed by atoms with van der Waals surface area (Å²) in [4.78, 5) is 14.1. The number of nitrogens with one attached hydrogen (secondary N) is 1. The van der Waals surface area contributed by atoms with E-state index < -0.39 is 11.7 Å². The Bertz CT molecular complexity index is 1550. The van der Waals surface area contributed by atoms with E-state index in [1.165, 1.54) is 12.1 Å². The third-order valence-electron chi connectivity index (χ3n) is 6.31. The zero-order chi connectivity index (χ0) is 27.4. The van der Waals surface area contributed by atoms with Crippen LogP contribution >= 0.6 is 0 Å². The molecule has 0 bridgehead atoms. The third-order valence-corrected chi connectivity index (χ3v) is 6.31. The van der Waals surface area contributed by atoms with Crippen molar-refractivity contribution in [3.05, 3.63) is 95.8 Å². The van der Waals surface area contributed by atoms with Crippen molar-refractivity contribution in [2.45, 2.75) is 19.1 Å². The fourth-order valence-electron chi connectivity index (χ4n) is 4.17. The van der Waals surface area contributed by atoms with Gasteiger partial charge in [-0.2, -0.15) is 13.2 Å². The lowest BCUT2D eigenvalue weighted by atomic mass is 10.1. The molecule has 2 aromatic heterocycles. The van der Waals surface area contributed by atoms with Gasteiger partial charge in [-0.25, -0.2) is 15.0 Å². The molecule has 0 aliphatic carbocycles. The molecule has 0 unspecified atom stereocenters. The van der Waals surface area contributed by atoms with Gasteiger partial charge in [-0.3, -0.25) is 0 Å². The summed E-state index contributed by atoms with van der Waals surface area (Å²) in [5.41, 5.74) is 3.08. The Hall–Kier alpha value is -4.60. The number of methoxy groups -OCH3 is 2. The first kappa shape index (κ1) is 26.0. The second-order valence-corrected chi connectivity index (χ2v) is 8.89. The van der Waals surface area contributed by atoms with Gasteiger partial charge in [0.2, 0.25) is 0 Å². The van der Waals surface area contributed by atoms with Gasteiger partial charge in [0, 0.05) is 12.1 Å². The number of nitrogens with zero attached hydrogens (tertiary/aromatic N) is 4. The van der Waals surface area contributed by atoms with Crippen LogP contribution in [0.5, 0.6) is 11.5 Å². The van der Waals surface area contributed by atoms with E-state index in [4.69, 9.17) is 19.4 Å². The van der Waals surface area contributed by atoms with Crippen LogP contribution in [0.2, 0.25) is 0 Å². The normalized spacial score (nSPS) is 11.5. The lowest BCUT2D eigenvalue weighted by molar-refractivity contribution is -0.137. The summed E-state index contributed by atoms with van der Waals surface area (Å²) in [6.45, 7) is 0.908. The molecule has 1 N–H and O–H groups in total. The van der Waals surface area contributed by atoms with E-state index in [1.54, 1.807) is 25.1 Å². The first-order chi connectivity index (χ1) is 18.8. The Morgan fingerprint density at radius 1 is 0.795 bits per heavy atom. The number of imidazole rings is 1. The molecule has 39 heavy (non-hydrogen) atoms. The quantitative estimate of drug-likeness (QED) is 0.242. The fourth-order valence-corrected chi connectivity index (χ4v) is 4.17. The van der Waals surface area contributed by atoms with Crippen molar-refractivity contribution in [3.63, 3.8) is 0 Å². The molecule has 5 rings (SSSR count). The van der Waals surface area contributed by atoms with E-state index in [1.807, 2.05) is 48.5 Å². The molecular weight excluding hydrogens is 507 g/mol. The minimum atomic E-state index is -4.38. The average Bonchev–Trinajstić information content (AvgIpc) is 3.36. The van der Waals surface area contributed by atoms with Gasteiger partial charge in [-0.15, -0.1) is 0 Å². The Balaban J connectivity index is 1.45. The van der Waals surface area contributed by atoms with E-state index in [-0.39, 0.29) is 0 Å². The van der Waals surface area contributed by atoms with Crippen molar-refractivity contribution < 1.29 is 22.6 Å². The van der Waals surface area contributed by atoms with E-state index in [9.17, 15) is 13.2 Å². The van der Waals surface area contributed by atoms with Crippen molar-refractivity contribution >= 4 is 17.0 Å². The molecule has 0 saturated carbocycles. The molecule has 0 aliphatic heterocycles. The van der Waals surface area contributed by atoms with Crippen LogP contribution in [0.25, 0.3) is 22.6 Å². The molecule has 200 valence electrons. The standard InChI is InChI=1S/C29H26F3N5O2/c1-38-23-11-5-19(6-12-23)15-16-33-27-25-28(36-26(35-27)21-7-13-24(39-2)14-8-21)37(18-34-25)17-20-3-9-22(10-4-20)29(30,31)32/h3-14,18H,15-17H2,1-2H3,(H,33,35,36). The summed E-state index contributed by atoms with van der Waals surface area (Å²) in [5, 5.41) is 3.39. The van der Waals surface area contributed by atoms with Crippen molar-refractivity contribution in [2.24, 2.45) is 0 Å². The molecule has 0 atom stereocenters. The monoisotopic (exact) mass is 533 g/mol. The van der Waals surface area contributed by atoms with Crippen LogP contribution in [0.1, 0.15) is 16.7 Å². The molecule has 2 heterocycles. The Labute approximate surface area is 223 Å². The maximum atomic E-state index is 13.0. The summed E-state index contributed by atoms with van der Waals surface area (Å²) in [5.74, 6) is 2.58. The lowest BCUT2D eigenvalue weighted by Crippen LogP contribution is -2.09. The molecule has 0 spiro atoms. The molecule has 10 heteroatoms. The predicted molar refractivity (Wildman–Crippen MR) is 143 cm³/mol. The predicted octanol–water partition coefficient (Wildman–Crippen LogP) is 6.23. The lowest BCUT2D eigenvalue weighted by Gasteiger charge is -2.11. The van der Waals surface area contributed by atoms with Crippen molar-refractivity contribution in [2.75, 3.05) is 26.1 Å². The van der Waals surface area contributed by atoms with Gasteiger partial charge in [-0.05, 0) is 66.1 Å². The smallest absolute Gasteiger partial charge is 0.416 e. The summed E-state index contributed by atoms with van der Waals surface area (Å²) >= 11 is 0. The van der Waals surface area contributed by atoms with Gasteiger partial charge in [0.25, 0.3) is 0 Å². The van der Waals surface area contributed by atoms with Crippen molar-refractivity contribution in [1.82, 2.24) is 19.5 Å². The summed E-state index contributed by atoms with van der Waals surface area (Å²) in [7, 11) is 3.23. The first-order valence-corrected chi connectivity index (χ1v) is 12.2. The summed E-state index contributed by atoms with van der Waals surface area (Å²) in [6.07, 6.45) is -2.00. The van der Waals surface area contributed by atoms with Crippen LogP contribution in [-0.4, -0.2) is 40.3 Å². The fraction of sp³-hybridized carbons (Fsp3) is 0.207. The molecule has 0 amide bonds. The molecular formula is C29H26F3N5O2. The number of rotatable bonds is 9. The highest BCUT2D eigenvalue weighted by Gasteiger charge is 2.30. The molecule has 0 aliphatic rings. The maximum Gasteiger partial charge on any atom is 0.416 e. The Morgan fingerprint density at radius 3 is 2.03 bits per heavy atom. The molecule has 5 aromatic rings. The second-order valence-electron chi connectivity index (χ2n) is 8.89. The minimum Gasteiger partial charge on any atom is -0.497 e. The number of aromatic nitrogens is 4. The molecule has 0 saturated heterocycles. The van der Waals surface area contributed by atoms with Crippen molar-refractivity contribution in [1.29, 1.82) is 0 Å². The minimum absolute atomic E-state index is 0.305. The number of benzene rings is 3. The van der Waals surface area contributed by atoms with Gasteiger partial charge in [0.15, 0.2) is 17.3 Å². The van der Waals surface area contributed by atoms with Gasteiger partial charge in [-0.1, -0.05) is 24.3 Å². The highest BCUT2D eigenvalue weighted by atomic mass is 19.4. The van der Waals surface area contributed by atoms with Gasteiger partial charge in [0.1, 0.15) is 17.0 Å². The number of ether oxygens (including phenoxy) is 2. The SMILES string of the molecule is COc1ccc(CCNc2nc(-c3ccc(OC)cc3)nc3c2ncn3Cc2ccc(C(F)(F)F)cc2)cc1. The van der Waals surface area contributed by atoms with Crippen LogP contribution in [0, 0.1) is 0 Å². The number of fused-ring (bicyclic) bond motifs is 1. The number of hydrogen-bond acceptors (Lipinski definition) is 6. The topological polar surface area (TPSA) is 74.1 Å². The molecule has 0 radical (unpaired) electrons. The zero-order valence-electron chi connectivity index (χ0n) is 21.4. The van der Waals surface area contributed by atoms with Crippen LogP contribution in [0.3, 0.4) is 0 Å². The van der Waals surface area contributed by atoms with Gasteiger partial charge >= 0.3 is 6.18 Å². The third kappa shape index (κ3) is 5.95. The van der Waals surface area contributed by atoms with Crippen LogP contribution in [0.15, 0.2) is 79.1 Å². The number of halogens is 3. The summed E-state index contributed by atoms with van der Waals surface area (Å²) < 4.78 is 51.3. The van der Waals surface area contributed by atoms with Crippen LogP contribution < -0.4 is 14.8 Å². The highest BCUT2D eigenvalue weighted by molar-refractivity contribution is 5.85. The number of alkyl halides is 3. The molecule has 0 fully saturated rings. The Kier molecular flexibility index (Phi) is 7.36. The largest absolute Gasteiger partial charge is 0.497 e. The zero-order valence-corrected chi connectivity index (χ0v) is 21.4. The number of anilines is 1. The van der Waals surface area contributed by atoms with E-state index in [0.717, 1.165) is 35.4 Å². The van der Waals surface area contributed by atoms with Gasteiger partial charge in [0.05, 0.1) is 32.7 Å². The first-order valence-electron chi connectivity index (χ1n) is 12.2. The molecule has 7 nitrogen and oxygen atoms in total. The van der Waals surface area contributed by atoms with Crippen LogP contribution in [0.4, 0.5) is 19.0 Å². The Morgan fingerprint density at radius 2 is 1.41 bits per heavy atom. The summed E-state index contributed by atoms with van der Waals surface area (Å²) in [6, 6.07) is 20.4. The average molecular weight is 534 g/mol. The second kappa shape index (κ2) is 11.0. The highest BCUT2D eigenvalue weighted by Crippen LogP contribution is 2.30. The van der Waals surface area contributed by atoms with E-state index in [0.29, 0.717) is 47.2 Å². The number of hydrogen-bond donors (Lipinski definition) is 1. The molecule has 3 aromatic carbocycles. The maximum absolute atomic E-state index is 13.0. The van der Waals surface area contributed by atoms with Gasteiger partial charge < -0.3 is 19.4 Å². The van der Waals surface area contributed by atoms with E-state index in [2.05, 4.69) is 10.3 Å². The van der Waals surface area contributed by atoms with E-state index >= 15 is 0 Å². The van der Waals surface area contributed by atoms with Crippen LogP contribution in [-0.2, 0) is 19.1 Å².